The van der Waals surface area contributed by atoms with E-state index >= 15 is 0 Å². The molecule has 2 aromatic carbocycles. The number of benzene rings is 2. The first-order valence-corrected chi connectivity index (χ1v) is 8.65. The highest BCUT2D eigenvalue weighted by Gasteiger charge is 2.14. The van der Waals surface area contributed by atoms with Gasteiger partial charge in [0, 0.05) is 25.5 Å². The molecule has 0 spiro atoms. The molecule has 1 N–H and O–H groups in total. The highest BCUT2D eigenvalue weighted by molar-refractivity contribution is 5.80. The highest BCUT2D eigenvalue weighted by atomic mass is 16.5. The van der Waals surface area contributed by atoms with Gasteiger partial charge in [0.2, 0.25) is 0 Å². The lowest BCUT2D eigenvalue weighted by atomic mass is 10.1. The molecular formula is C21H23N3O2. The van der Waals surface area contributed by atoms with Crippen LogP contribution in [-0.2, 0) is 17.9 Å². The second kappa shape index (κ2) is 8.34. The number of aromatic nitrogens is 2. The summed E-state index contributed by atoms with van der Waals surface area (Å²) in [5.41, 5.74) is 3.40. The van der Waals surface area contributed by atoms with Crippen molar-refractivity contribution in [3.63, 3.8) is 0 Å². The van der Waals surface area contributed by atoms with Gasteiger partial charge >= 0.3 is 0 Å². The molecule has 0 aliphatic rings. The Morgan fingerprint density at radius 1 is 1.12 bits per heavy atom. The average Bonchev–Trinajstić information content (AvgIpc) is 3.16. The minimum atomic E-state index is -0.543. The van der Waals surface area contributed by atoms with Crippen molar-refractivity contribution < 1.29 is 9.53 Å². The molecule has 0 fully saturated rings. The van der Waals surface area contributed by atoms with Crippen molar-refractivity contribution in [1.29, 1.82) is 0 Å². The largest absolute Gasteiger partial charge is 0.481 e. The molecule has 0 radical (unpaired) electrons. The maximum atomic E-state index is 12.2. The van der Waals surface area contributed by atoms with E-state index < -0.39 is 6.10 Å². The molecule has 5 heteroatoms. The Hall–Kier alpha value is -3.08. The topological polar surface area (TPSA) is 56.1 Å². The maximum absolute atomic E-state index is 12.2. The van der Waals surface area contributed by atoms with Gasteiger partial charge in [-0.05, 0) is 37.1 Å². The molecule has 26 heavy (non-hydrogen) atoms. The second-order valence-electron chi connectivity index (χ2n) is 6.34. The number of ether oxygens (including phenoxy) is 1. The Balaban J connectivity index is 1.48. The number of carbonyl (C=O) groups excluding carboxylic acids is 1. The van der Waals surface area contributed by atoms with Gasteiger partial charge in [0.15, 0.2) is 6.10 Å². The molecule has 3 rings (SSSR count). The van der Waals surface area contributed by atoms with Crippen LogP contribution in [0.4, 0.5) is 0 Å². The van der Waals surface area contributed by atoms with Crippen LogP contribution in [0.2, 0.25) is 0 Å². The van der Waals surface area contributed by atoms with E-state index in [1.54, 1.807) is 19.4 Å². The molecular weight excluding hydrogens is 326 g/mol. The van der Waals surface area contributed by atoms with Crippen LogP contribution in [0.3, 0.4) is 0 Å². The first-order chi connectivity index (χ1) is 12.6. The third-order valence-corrected chi connectivity index (χ3v) is 4.12. The Kier molecular flexibility index (Phi) is 5.69. The first-order valence-electron chi connectivity index (χ1n) is 8.65. The monoisotopic (exact) mass is 349 g/mol. The van der Waals surface area contributed by atoms with Gasteiger partial charge in [-0.15, -0.1) is 0 Å². The van der Waals surface area contributed by atoms with Crippen LogP contribution in [0.15, 0.2) is 67.3 Å². The highest BCUT2D eigenvalue weighted by Crippen LogP contribution is 2.13. The third-order valence-electron chi connectivity index (χ3n) is 4.12. The summed E-state index contributed by atoms with van der Waals surface area (Å²) >= 11 is 0. The predicted octanol–water partition coefficient (Wildman–Crippen LogP) is 3.32. The van der Waals surface area contributed by atoms with Crippen molar-refractivity contribution in [3.05, 3.63) is 83.9 Å². The summed E-state index contributed by atoms with van der Waals surface area (Å²) < 4.78 is 7.69. The molecule has 0 saturated heterocycles. The van der Waals surface area contributed by atoms with Crippen molar-refractivity contribution in [2.45, 2.75) is 33.0 Å². The number of imidazole rings is 1. The van der Waals surface area contributed by atoms with Crippen molar-refractivity contribution in [1.82, 2.24) is 14.9 Å². The molecule has 1 aromatic heterocycles. The summed E-state index contributed by atoms with van der Waals surface area (Å²) in [6.07, 6.45) is 4.95. The summed E-state index contributed by atoms with van der Waals surface area (Å²) in [4.78, 5) is 16.3. The Morgan fingerprint density at radius 2 is 1.81 bits per heavy atom. The predicted molar refractivity (Wildman–Crippen MR) is 101 cm³/mol. The van der Waals surface area contributed by atoms with Gasteiger partial charge in [0.1, 0.15) is 5.75 Å². The van der Waals surface area contributed by atoms with Crippen molar-refractivity contribution >= 4 is 5.91 Å². The van der Waals surface area contributed by atoms with E-state index in [1.807, 2.05) is 54.1 Å². The summed E-state index contributed by atoms with van der Waals surface area (Å²) in [6.45, 7) is 5.03. The molecule has 1 unspecified atom stereocenters. The van der Waals surface area contributed by atoms with Gasteiger partial charge in [0.05, 0.1) is 6.33 Å². The number of amides is 1. The molecule has 1 heterocycles. The molecule has 0 saturated carbocycles. The number of rotatable bonds is 7. The lowest BCUT2D eigenvalue weighted by molar-refractivity contribution is -0.127. The summed E-state index contributed by atoms with van der Waals surface area (Å²) in [6, 6.07) is 15.9. The zero-order valence-electron chi connectivity index (χ0n) is 15.1. The van der Waals surface area contributed by atoms with Crippen molar-refractivity contribution in [2.24, 2.45) is 0 Å². The van der Waals surface area contributed by atoms with Gasteiger partial charge in [-0.2, -0.15) is 0 Å². The lowest BCUT2D eigenvalue weighted by Crippen LogP contribution is -2.35. The van der Waals surface area contributed by atoms with Crippen LogP contribution in [0, 0.1) is 6.92 Å². The zero-order valence-corrected chi connectivity index (χ0v) is 15.1. The Bertz CT molecular complexity index is 825. The van der Waals surface area contributed by atoms with Gasteiger partial charge in [-0.25, -0.2) is 4.98 Å². The minimum absolute atomic E-state index is 0.131. The number of carbonyl (C=O) groups is 1. The molecule has 3 aromatic rings. The van der Waals surface area contributed by atoms with Crippen LogP contribution >= 0.6 is 0 Å². The fourth-order valence-corrected chi connectivity index (χ4v) is 2.56. The van der Waals surface area contributed by atoms with E-state index in [1.165, 1.54) is 5.56 Å². The van der Waals surface area contributed by atoms with Crippen LogP contribution < -0.4 is 10.1 Å². The van der Waals surface area contributed by atoms with Crippen molar-refractivity contribution in [2.75, 3.05) is 0 Å². The van der Waals surface area contributed by atoms with E-state index in [0.717, 1.165) is 17.7 Å². The van der Waals surface area contributed by atoms with Crippen LogP contribution in [-0.4, -0.2) is 21.6 Å². The summed E-state index contributed by atoms with van der Waals surface area (Å²) in [5, 5.41) is 2.92. The van der Waals surface area contributed by atoms with Crippen LogP contribution in [0.5, 0.6) is 5.75 Å². The number of hydrogen-bond acceptors (Lipinski definition) is 3. The lowest BCUT2D eigenvalue weighted by Gasteiger charge is -2.15. The van der Waals surface area contributed by atoms with E-state index in [2.05, 4.69) is 22.4 Å². The summed E-state index contributed by atoms with van der Waals surface area (Å²) in [5.74, 6) is 0.565. The fourth-order valence-electron chi connectivity index (χ4n) is 2.56. The first kappa shape index (κ1) is 17.7. The molecule has 0 bridgehead atoms. The number of aryl methyl sites for hydroxylation is 1. The zero-order chi connectivity index (χ0) is 18.4. The SMILES string of the molecule is Cc1ccc(OC(C)C(=O)NCc2ccc(Cn3ccnc3)cc2)cc1. The van der Waals surface area contributed by atoms with Gasteiger partial charge in [0.25, 0.3) is 5.91 Å². The van der Waals surface area contributed by atoms with Gasteiger partial charge in [-0.3, -0.25) is 4.79 Å². The Labute approximate surface area is 153 Å². The second-order valence-corrected chi connectivity index (χ2v) is 6.34. The van der Waals surface area contributed by atoms with Crippen LogP contribution in [0.1, 0.15) is 23.6 Å². The molecule has 0 aliphatic heterocycles. The third kappa shape index (κ3) is 4.96. The van der Waals surface area contributed by atoms with Crippen LogP contribution in [0.25, 0.3) is 0 Å². The summed E-state index contributed by atoms with van der Waals surface area (Å²) in [7, 11) is 0. The molecule has 1 atom stereocenters. The maximum Gasteiger partial charge on any atom is 0.261 e. The number of hydrogen-bond donors (Lipinski definition) is 1. The van der Waals surface area contributed by atoms with Gasteiger partial charge < -0.3 is 14.6 Å². The Morgan fingerprint density at radius 3 is 2.46 bits per heavy atom. The molecule has 1 amide bonds. The fraction of sp³-hybridized carbons (Fsp3) is 0.238. The standard InChI is InChI=1S/C21H23N3O2/c1-16-3-9-20(10-4-16)26-17(2)21(25)23-13-18-5-7-19(8-6-18)14-24-12-11-22-15-24/h3-12,15,17H,13-14H2,1-2H3,(H,23,25). The van der Waals surface area contributed by atoms with E-state index in [-0.39, 0.29) is 5.91 Å². The molecule has 5 nitrogen and oxygen atoms in total. The molecule has 0 aliphatic carbocycles. The number of nitrogens with one attached hydrogen (secondary N) is 1. The number of nitrogens with zero attached hydrogens (tertiary/aromatic N) is 2. The van der Waals surface area contributed by atoms with E-state index in [4.69, 9.17) is 4.74 Å². The smallest absolute Gasteiger partial charge is 0.261 e. The van der Waals surface area contributed by atoms with E-state index in [9.17, 15) is 4.79 Å². The minimum Gasteiger partial charge on any atom is -0.481 e. The molecule has 134 valence electrons. The van der Waals surface area contributed by atoms with E-state index in [0.29, 0.717) is 12.3 Å². The quantitative estimate of drug-likeness (QED) is 0.712. The van der Waals surface area contributed by atoms with Crippen molar-refractivity contribution in [3.8, 4) is 5.75 Å². The average molecular weight is 349 g/mol. The normalized spacial score (nSPS) is 11.8. The van der Waals surface area contributed by atoms with Gasteiger partial charge in [-0.1, -0.05) is 42.0 Å².